The minimum Gasteiger partial charge on any atom is -0.392 e. The number of hydrogen-bond acceptors (Lipinski definition) is 7. The van der Waals surface area contributed by atoms with Crippen molar-refractivity contribution in [3.63, 3.8) is 0 Å². The molecule has 1 aliphatic heterocycles. The van der Waals surface area contributed by atoms with Gasteiger partial charge in [0.25, 0.3) is 11.8 Å². The fourth-order valence-electron chi connectivity index (χ4n) is 5.17. The number of β-amino-alcohol motifs (C(OH)–C–C–N with tert-alkyl or cyclic N) is 1. The van der Waals surface area contributed by atoms with Crippen molar-refractivity contribution in [2.75, 3.05) is 13.1 Å². The van der Waals surface area contributed by atoms with Gasteiger partial charge in [0, 0.05) is 48.5 Å². The van der Waals surface area contributed by atoms with Crippen LogP contribution >= 0.6 is 11.6 Å². The van der Waals surface area contributed by atoms with E-state index in [1.165, 1.54) is 18.3 Å². The van der Waals surface area contributed by atoms with Gasteiger partial charge < -0.3 is 15.7 Å². The molecule has 3 N–H and O–H groups in total. The quantitative estimate of drug-likeness (QED) is 0.278. The number of nitrogens with one attached hydrogen (secondary N) is 2. The third-order valence-electron chi connectivity index (χ3n) is 7.48. The summed E-state index contributed by atoms with van der Waals surface area (Å²) < 4.78 is 0. The second kappa shape index (κ2) is 12.1. The van der Waals surface area contributed by atoms with Crippen molar-refractivity contribution in [1.29, 1.82) is 0 Å². The Morgan fingerprint density at radius 1 is 1.07 bits per heavy atom. The van der Waals surface area contributed by atoms with Gasteiger partial charge in [0.2, 0.25) is 0 Å². The number of carbonyl (C=O) groups excluding carboxylic acids is 3. The van der Waals surface area contributed by atoms with Gasteiger partial charge in [-0.05, 0) is 53.5 Å². The van der Waals surface area contributed by atoms with Crippen LogP contribution in [0.5, 0.6) is 0 Å². The number of aliphatic hydroxyl groups excluding tert-OH is 1. The molecule has 0 radical (unpaired) electrons. The van der Waals surface area contributed by atoms with Gasteiger partial charge in [0.05, 0.1) is 6.10 Å². The van der Waals surface area contributed by atoms with E-state index in [1.807, 2.05) is 37.3 Å². The highest BCUT2D eigenvalue weighted by Crippen LogP contribution is 2.38. The van der Waals surface area contributed by atoms with Crippen LogP contribution in [-0.4, -0.2) is 62.9 Å². The lowest BCUT2D eigenvalue weighted by Crippen LogP contribution is -2.64. The van der Waals surface area contributed by atoms with Crippen molar-refractivity contribution in [1.82, 2.24) is 25.5 Å². The van der Waals surface area contributed by atoms with E-state index in [9.17, 15) is 19.5 Å². The molecule has 41 heavy (non-hydrogen) atoms. The number of allylic oxidation sites excluding steroid dienone is 2. The molecule has 2 aliphatic rings. The Hall–Kier alpha value is -4.18. The number of benzene rings is 1. The number of rotatable bonds is 8. The zero-order valence-corrected chi connectivity index (χ0v) is 23.2. The predicted octanol–water partition coefficient (Wildman–Crippen LogP) is 3.65. The first kappa shape index (κ1) is 28.4. The molecule has 2 aromatic heterocycles. The Kier molecular flexibility index (Phi) is 8.39. The van der Waals surface area contributed by atoms with Gasteiger partial charge in [-0.15, -0.1) is 0 Å². The zero-order valence-electron chi connectivity index (χ0n) is 22.5. The lowest BCUT2D eigenvalue weighted by atomic mass is 9.79. The third kappa shape index (κ3) is 6.27. The summed E-state index contributed by atoms with van der Waals surface area (Å²) in [5.41, 5.74) is 1.79. The molecule has 1 aromatic carbocycles. The summed E-state index contributed by atoms with van der Waals surface area (Å²) in [7, 11) is 0. The van der Waals surface area contributed by atoms with E-state index in [1.54, 1.807) is 30.5 Å². The molecule has 3 atom stereocenters. The van der Waals surface area contributed by atoms with E-state index >= 15 is 0 Å². The summed E-state index contributed by atoms with van der Waals surface area (Å²) >= 11 is 6.53. The van der Waals surface area contributed by atoms with Crippen LogP contribution in [-0.2, 0) is 6.54 Å². The van der Waals surface area contributed by atoms with Crippen LogP contribution in [0.2, 0.25) is 5.02 Å². The van der Waals surface area contributed by atoms with E-state index < -0.39 is 23.4 Å². The number of carbonyl (C=O) groups is 3. The molecular formula is C31H30ClN5O4. The summed E-state index contributed by atoms with van der Waals surface area (Å²) in [6.45, 7) is 3.95. The third-order valence-corrected chi connectivity index (χ3v) is 7.81. The molecule has 0 spiro atoms. The van der Waals surface area contributed by atoms with Gasteiger partial charge >= 0.3 is 0 Å². The van der Waals surface area contributed by atoms with Gasteiger partial charge in [-0.3, -0.25) is 29.3 Å². The predicted molar refractivity (Wildman–Crippen MR) is 155 cm³/mol. The highest BCUT2D eigenvalue weighted by molar-refractivity contribution is 6.32. The molecule has 3 aromatic rings. The van der Waals surface area contributed by atoms with Gasteiger partial charge in [-0.25, -0.2) is 0 Å². The van der Waals surface area contributed by atoms with Crippen molar-refractivity contribution in [2.24, 2.45) is 5.92 Å². The number of likely N-dealkylation sites (tertiary alicyclic amines) is 1. The molecule has 10 heteroatoms. The van der Waals surface area contributed by atoms with Crippen molar-refractivity contribution in [3.05, 3.63) is 112 Å². The molecule has 5 rings (SSSR count). The molecule has 0 bridgehead atoms. The molecule has 0 saturated carbocycles. The largest absolute Gasteiger partial charge is 0.392 e. The van der Waals surface area contributed by atoms with Gasteiger partial charge in [0.15, 0.2) is 6.29 Å². The molecule has 1 aliphatic carbocycles. The van der Waals surface area contributed by atoms with Gasteiger partial charge in [0.1, 0.15) is 17.1 Å². The fourth-order valence-corrected chi connectivity index (χ4v) is 5.41. The van der Waals surface area contributed by atoms with Crippen LogP contribution in [0.25, 0.3) is 5.57 Å². The maximum atomic E-state index is 13.6. The summed E-state index contributed by atoms with van der Waals surface area (Å²) in [6.07, 6.45) is 9.44. The van der Waals surface area contributed by atoms with Gasteiger partial charge in [-0.1, -0.05) is 54.9 Å². The lowest BCUT2D eigenvalue weighted by Gasteiger charge is -2.41. The Morgan fingerprint density at radius 3 is 2.37 bits per heavy atom. The summed E-state index contributed by atoms with van der Waals surface area (Å²) in [4.78, 5) is 48.6. The van der Waals surface area contributed by atoms with Crippen LogP contribution in [0.3, 0.4) is 0 Å². The Morgan fingerprint density at radius 2 is 1.78 bits per heavy atom. The molecule has 1 saturated heterocycles. The van der Waals surface area contributed by atoms with Crippen molar-refractivity contribution < 1.29 is 19.5 Å². The SMILES string of the molecule is C[C@@H]1C(c2ccccc2Cl)=CC=CC1(NC(=O)c1ccc(C=O)cn1)NC(=O)c1ccc(CN2CCC(O)C2)cn1. The van der Waals surface area contributed by atoms with E-state index in [4.69, 9.17) is 11.6 Å². The maximum Gasteiger partial charge on any atom is 0.271 e. The highest BCUT2D eigenvalue weighted by Gasteiger charge is 2.41. The number of halogens is 1. The van der Waals surface area contributed by atoms with Crippen LogP contribution in [0, 0.1) is 5.92 Å². The molecule has 3 heterocycles. The molecule has 1 fully saturated rings. The van der Waals surface area contributed by atoms with Gasteiger partial charge in [-0.2, -0.15) is 0 Å². The number of aldehydes is 1. The topological polar surface area (TPSA) is 125 Å². The molecule has 2 unspecified atom stereocenters. The zero-order chi connectivity index (χ0) is 29.0. The summed E-state index contributed by atoms with van der Waals surface area (Å²) in [5.74, 6) is -1.46. The standard InChI is InChI=1S/C31H30ClN5O4/c1-20-24(25-5-2-3-7-26(25)32)6-4-13-31(20,36-30(41)28-11-9-22(19-38)16-34-28)35-29(40)27-10-8-21(15-33-27)17-37-14-12-23(39)18-37/h2-11,13,15-16,19-20,23,39H,12,14,17-18H2,1H3,(H,35,40)(H,36,41)/t20-,23?,31?/m1/s1. The Balaban J connectivity index is 1.41. The van der Waals surface area contributed by atoms with E-state index in [0.717, 1.165) is 29.7 Å². The molecule has 9 nitrogen and oxygen atoms in total. The average molecular weight is 572 g/mol. The number of nitrogens with zero attached hydrogens (tertiary/aromatic N) is 3. The van der Waals surface area contributed by atoms with E-state index in [-0.39, 0.29) is 17.5 Å². The normalized spacial score (nSPS) is 22.2. The minimum atomic E-state index is -1.35. The number of amides is 2. The van der Waals surface area contributed by atoms with Crippen molar-refractivity contribution >= 4 is 35.3 Å². The molecule has 2 amide bonds. The maximum absolute atomic E-state index is 13.6. The molecular weight excluding hydrogens is 542 g/mol. The summed E-state index contributed by atoms with van der Waals surface area (Å²) in [5, 5.41) is 16.3. The van der Waals surface area contributed by atoms with Crippen molar-refractivity contribution in [2.45, 2.75) is 31.7 Å². The first-order valence-electron chi connectivity index (χ1n) is 13.3. The lowest BCUT2D eigenvalue weighted by molar-refractivity contribution is 0.0807. The van der Waals surface area contributed by atoms with Crippen LogP contribution in [0.4, 0.5) is 0 Å². The highest BCUT2D eigenvalue weighted by atomic mass is 35.5. The van der Waals surface area contributed by atoms with Crippen LogP contribution < -0.4 is 10.6 Å². The number of hydrogen-bond donors (Lipinski definition) is 3. The van der Waals surface area contributed by atoms with Crippen molar-refractivity contribution in [3.8, 4) is 0 Å². The smallest absolute Gasteiger partial charge is 0.271 e. The number of aliphatic hydroxyl groups is 1. The fraction of sp³-hybridized carbons (Fsp3) is 0.258. The molecule has 210 valence electrons. The number of aromatic nitrogens is 2. The Labute approximate surface area is 243 Å². The second-order valence-electron chi connectivity index (χ2n) is 10.3. The van der Waals surface area contributed by atoms with Crippen LogP contribution in [0.15, 0.2) is 79.2 Å². The second-order valence-corrected chi connectivity index (χ2v) is 10.7. The summed E-state index contributed by atoms with van der Waals surface area (Å²) in [6, 6.07) is 13.8. The van der Waals surface area contributed by atoms with Crippen LogP contribution in [0.1, 0.15) is 55.8 Å². The monoisotopic (exact) mass is 571 g/mol. The average Bonchev–Trinajstić information content (AvgIpc) is 3.39. The first-order chi connectivity index (χ1) is 19.8. The number of pyridine rings is 2. The minimum absolute atomic E-state index is 0.0909. The Bertz CT molecular complexity index is 1510. The van der Waals surface area contributed by atoms with E-state index in [2.05, 4.69) is 25.5 Å². The van der Waals surface area contributed by atoms with E-state index in [0.29, 0.717) is 30.0 Å². The first-order valence-corrected chi connectivity index (χ1v) is 13.7.